The molecular formula is C24H40. The third-order valence-corrected chi connectivity index (χ3v) is 10.6. The first-order valence-corrected chi connectivity index (χ1v) is 11.7. The second-order valence-electron chi connectivity index (χ2n) is 10.9. The van der Waals surface area contributed by atoms with Crippen molar-refractivity contribution in [2.75, 3.05) is 0 Å². The Hall–Kier alpha value is 0. The van der Waals surface area contributed by atoms with Crippen LogP contribution in [0.5, 0.6) is 0 Å². The summed E-state index contributed by atoms with van der Waals surface area (Å²) in [7, 11) is 0. The maximum atomic E-state index is 2.74. The second-order valence-corrected chi connectivity index (χ2v) is 10.9. The number of hydrogen-bond acceptors (Lipinski definition) is 0. The lowest BCUT2D eigenvalue weighted by atomic mass is 9.44. The summed E-state index contributed by atoms with van der Waals surface area (Å²) in [5, 5.41) is 0. The number of rotatable bonds is 2. The molecule has 1 spiro atoms. The molecule has 0 aromatic heterocycles. The Morgan fingerprint density at radius 1 is 0.750 bits per heavy atom. The summed E-state index contributed by atoms with van der Waals surface area (Å²) in [6, 6.07) is 0. The van der Waals surface area contributed by atoms with E-state index in [9.17, 15) is 0 Å². The summed E-state index contributed by atoms with van der Waals surface area (Å²) in [5.74, 6) is 6.72. The van der Waals surface area contributed by atoms with E-state index in [0.717, 1.165) is 46.3 Å². The van der Waals surface area contributed by atoms with Crippen LogP contribution in [-0.4, -0.2) is 0 Å². The highest BCUT2D eigenvalue weighted by Crippen LogP contribution is 2.72. The molecule has 3 unspecified atom stereocenters. The van der Waals surface area contributed by atoms with Crippen molar-refractivity contribution < 1.29 is 0 Å². The summed E-state index contributed by atoms with van der Waals surface area (Å²) in [6.45, 7) is 5.16. The normalized spacial score (nSPS) is 56.2. The van der Waals surface area contributed by atoms with E-state index >= 15 is 0 Å². The Balaban J connectivity index is 1.42. The third-order valence-electron chi connectivity index (χ3n) is 10.6. The fourth-order valence-corrected chi connectivity index (χ4v) is 9.72. The minimum atomic E-state index is 0.738. The minimum absolute atomic E-state index is 0.738. The highest BCUT2D eigenvalue weighted by Gasteiger charge is 2.63. The zero-order chi connectivity index (χ0) is 16.4. The van der Waals surface area contributed by atoms with Gasteiger partial charge in [-0.1, -0.05) is 39.5 Å². The van der Waals surface area contributed by atoms with Crippen LogP contribution < -0.4 is 0 Å². The van der Waals surface area contributed by atoms with Gasteiger partial charge in [0.2, 0.25) is 0 Å². The summed E-state index contributed by atoms with van der Waals surface area (Å²) >= 11 is 0. The fraction of sp³-hybridized carbons (Fsp3) is 1.00. The SMILES string of the molecule is CCC[C@@H]1CC[C@]23CCC4C(CC[C@H]5CCCC[C@]45C)C2CC[C@@H]13. The van der Waals surface area contributed by atoms with Gasteiger partial charge in [0.05, 0.1) is 0 Å². The predicted octanol–water partition coefficient (Wildman–Crippen LogP) is 7.23. The van der Waals surface area contributed by atoms with Gasteiger partial charge in [-0.2, -0.15) is 0 Å². The topological polar surface area (TPSA) is 0 Å². The molecule has 0 aliphatic heterocycles. The minimum Gasteiger partial charge on any atom is -0.0654 e. The average molecular weight is 329 g/mol. The lowest BCUT2D eigenvalue weighted by Crippen LogP contribution is -2.52. The predicted molar refractivity (Wildman–Crippen MR) is 102 cm³/mol. The molecule has 136 valence electrons. The Morgan fingerprint density at radius 2 is 1.58 bits per heavy atom. The van der Waals surface area contributed by atoms with E-state index in [1.807, 2.05) is 0 Å². The highest BCUT2D eigenvalue weighted by molar-refractivity contribution is 5.12. The van der Waals surface area contributed by atoms with E-state index in [0.29, 0.717) is 0 Å². The van der Waals surface area contributed by atoms with Gasteiger partial charge in [0.25, 0.3) is 0 Å². The van der Waals surface area contributed by atoms with Crippen molar-refractivity contribution in [2.45, 2.75) is 104 Å². The largest absolute Gasteiger partial charge is 0.0654 e. The van der Waals surface area contributed by atoms with Gasteiger partial charge in [-0.3, -0.25) is 0 Å². The van der Waals surface area contributed by atoms with Crippen LogP contribution in [0.4, 0.5) is 0 Å². The van der Waals surface area contributed by atoms with Gasteiger partial charge in [0.1, 0.15) is 0 Å². The Kier molecular flexibility index (Phi) is 3.88. The molecule has 5 aliphatic rings. The summed E-state index contributed by atoms with van der Waals surface area (Å²) < 4.78 is 0. The zero-order valence-corrected chi connectivity index (χ0v) is 16.4. The third kappa shape index (κ3) is 2.04. The van der Waals surface area contributed by atoms with Crippen molar-refractivity contribution in [1.82, 2.24) is 0 Å². The lowest BCUT2D eigenvalue weighted by Gasteiger charge is -2.60. The molecule has 0 amide bonds. The molecule has 24 heavy (non-hydrogen) atoms. The van der Waals surface area contributed by atoms with Crippen molar-refractivity contribution in [2.24, 2.45) is 46.3 Å². The van der Waals surface area contributed by atoms with Crippen LogP contribution in [0.2, 0.25) is 0 Å². The van der Waals surface area contributed by atoms with Crippen LogP contribution in [0.3, 0.4) is 0 Å². The van der Waals surface area contributed by atoms with Gasteiger partial charge in [-0.15, -0.1) is 0 Å². The van der Waals surface area contributed by atoms with Gasteiger partial charge >= 0.3 is 0 Å². The van der Waals surface area contributed by atoms with Gasteiger partial charge in [0, 0.05) is 0 Å². The Bertz CT molecular complexity index is 480. The van der Waals surface area contributed by atoms with E-state index in [1.165, 1.54) is 25.7 Å². The van der Waals surface area contributed by atoms with Gasteiger partial charge in [-0.05, 0) is 111 Å². The van der Waals surface area contributed by atoms with E-state index in [2.05, 4.69) is 13.8 Å². The van der Waals surface area contributed by atoms with Crippen LogP contribution in [0.15, 0.2) is 0 Å². The lowest BCUT2D eigenvalue weighted by molar-refractivity contribution is -0.112. The second kappa shape index (κ2) is 5.75. The first kappa shape index (κ1) is 16.2. The van der Waals surface area contributed by atoms with Crippen molar-refractivity contribution >= 4 is 0 Å². The quantitative estimate of drug-likeness (QED) is 0.501. The number of hydrogen-bond donors (Lipinski definition) is 0. The fourth-order valence-electron chi connectivity index (χ4n) is 9.72. The highest BCUT2D eigenvalue weighted by atomic mass is 14.7. The number of fused-ring (bicyclic) bond motifs is 4. The molecular weight excluding hydrogens is 288 g/mol. The zero-order valence-electron chi connectivity index (χ0n) is 16.4. The summed E-state index contributed by atoms with van der Waals surface area (Å²) in [6.07, 6.45) is 22.1. The monoisotopic (exact) mass is 328 g/mol. The van der Waals surface area contributed by atoms with Crippen LogP contribution in [-0.2, 0) is 0 Å². The maximum Gasteiger partial charge on any atom is -0.0235 e. The van der Waals surface area contributed by atoms with E-state index < -0.39 is 0 Å². The van der Waals surface area contributed by atoms with Crippen LogP contribution >= 0.6 is 0 Å². The van der Waals surface area contributed by atoms with Crippen molar-refractivity contribution in [3.63, 3.8) is 0 Å². The molecule has 0 N–H and O–H groups in total. The van der Waals surface area contributed by atoms with Crippen LogP contribution in [0.1, 0.15) is 104 Å². The molecule has 5 rings (SSSR count). The molecule has 5 aliphatic carbocycles. The summed E-state index contributed by atoms with van der Waals surface area (Å²) in [5.41, 5.74) is 1.57. The molecule has 8 atom stereocenters. The molecule has 0 radical (unpaired) electrons. The van der Waals surface area contributed by atoms with E-state index in [-0.39, 0.29) is 0 Å². The standard InChI is InChI=1S/C24H40/c1-3-6-17-12-15-24-16-13-21-19(22(24)11-10-20(17)24)9-8-18-7-4-5-14-23(18,21)2/h17-22H,3-16H2,1-2H3/t17-,18-,19?,20+,21?,22?,23+,24-/m1/s1. The molecule has 0 aromatic carbocycles. The van der Waals surface area contributed by atoms with E-state index in [4.69, 9.17) is 0 Å². The molecule has 0 heteroatoms. The first-order valence-electron chi connectivity index (χ1n) is 11.7. The Morgan fingerprint density at radius 3 is 2.46 bits per heavy atom. The van der Waals surface area contributed by atoms with Gasteiger partial charge in [-0.25, -0.2) is 0 Å². The molecule has 5 saturated carbocycles. The molecule has 0 saturated heterocycles. The van der Waals surface area contributed by atoms with Crippen molar-refractivity contribution in [1.29, 1.82) is 0 Å². The van der Waals surface area contributed by atoms with E-state index in [1.54, 1.807) is 64.2 Å². The van der Waals surface area contributed by atoms with Crippen LogP contribution in [0.25, 0.3) is 0 Å². The first-order chi connectivity index (χ1) is 11.7. The molecule has 0 bridgehead atoms. The Labute approximate surface area is 150 Å². The average Bonchev–Trinajstić information content (AvgIpc) is 3.12. The van der Waals surface area contributed by atoms with Gasteiger partial charge < -0.3 is 0 Å². The smallest absolute Gasteiger partial charge is 0.0235 e. The summed E-state index contributed by atoms with van der Waals surface area (Å²) in [4.78, 5) is 0. The molecule has 5 fully saturated rings. The van der Waals surface area contributed by atoms with Crippen molar-refractivity contribution in [3.8, 4) is 0 Å². The van der Waals surface area contributed by atoms with Crippen LogP contribution in [0, 0.1) is 46.3 Å². The maximum absolute atomic E-state index is 2.74. The molecule has 0 heterocycles. The molecule has 0 aromatic rings. The van der Waals surface area contributed by atoms with Gasteiger partial charge in [0.15, 0.2) is 0 Å². The molecule has 0 nitrogen and oxygen atoms in total. The van der Waals surface area contributed by atoms with Crippen molar-refractivity contribution in [3.05, 3.63) is 0 Å².